The fourth-order valence-electron chi connectivity index (χ4n) is 2.86. The average Bonchev–Trinajstić information content (AvgIpc) is 3.22. The van der Waals surface area contributed by atoms with Gasteiger partial charge in [0.2, 0.25) is 5.91 Å². The Hall–Kier alpha value is -2.24. The molecule has 224 valence electrons. The molecule has 11 nitrogen and oxygen atoms in total. The zero-order chi connectivity index (χ0) is 29.4. The summed E-state index contributed by atoms with van der Waals surface area (Å²) in [6.45, 7) is 9.04. The van der Waals surface area contributed by atoms with Gasteiger partial charge < -0.3 is 34.4 Å². The Bertz CT molecular complexity index is 630. The molecule has 1 heterocycles. The molecule has 0 spiro atoms. The number of unbranched alkanes of at least 4 members (excludes halogenated alkanes) is 3. The number of aliphatic hydroxyl groups excluding tert-OH is 2. The molecule has 1 atom stereocenters. The Morgan fingerprint density at radius 1 is 0.921 bits per heavy atom. The predicted molar refractivity (Wildman–Crippen MR) is 142 cm³/mol. The molecule has 0 bridgehead atoms. The van der Waals surface area contributed by atoms with Crippen molar-refractivity contribution >= 4 is 23.8 Å². The van der Waals surface area contributed by atoms with Crippen LogP contribution in [-0.4, -0.2) is 95.8 Å². The maximum absolute atomic E-state index is 12.2. The van der Waals surface area contributed by atoms with Crippen LogP contribution >= 0.6 is 0 Å². The van der Waals surface area contributed by atoms with Crippen molar-refractivity contribution < 1.29 is 48.7 Å². The number of hydrogen-bond acceptors (Lipinski definition) is 10. The van der Waals surface area contributed by atoms with Gasteiger partial charge in [-0.25, -0.2) is 4.79 Å². The van der Waals surface area contributed by atoms with Crippen molar-refractivity contribution in [2.45, 2.75) is 110 Å². The van der Waals surface area contributed by atoms with E-state index in [1.807, 2.05) is 27.8 Å². The highest BCUT2D eigenvalue weighted by molar-refractivity contribution is 5.90. The van der Waals surface area contributed by atoms with E-state index in [4.69, 9.17) is 24.4 Å². The van der Waals surface area contributed by atoms with Gasteiger partial charge in [-0.3, -0.25) is 14.4 Å². The molecule has 1 saturated heterocycles. The Morgan fingerprint density at radius 3 is 1.63 bits per heavy atom. The second-order valence-electron chi connectivity index (χ2n) is 9.30. The zero-order valence-electron chi connectivity index (χ0n) is 24.0. The number of aliphatic hydroxyl groups is 3. The van der Waals surface area contributed by atoms with Crippen LogP contribution in [0.4, 0.5) is 0 Å². The van der Waals surface area contributed by atoms with E-state index in [0.29, 0.717) is 31.6 Å². The van der Waals surface area contributed by atoms with Gasteiger partial charge in [0.05, 0.1) is 38.8 Å². The summed E-state index contributed by atoms with van der Waals surface area (Å²) in [6, 6.07) is 0. The first-order valence-corrected chi connectivity index (χ1v) is 13.7. The van der Waals surface area contributed by atoms with E-state index >= 15 is 0 Å². The topological polar surface area (TPSA) is 160 Å². The van der Waals surface area contributed by atoms with Gasteiger partial charge in [-0.1, -0.05) is 40.0 Å². The lowest BCUT2D eigenvalue weighted by Crippen LogP contribution is -2.45. The molecule has 0 saturated carbocycles. The fraction of sp³-hybridized carbons (Fsp3) is 0.852. The lowest BCUT2D eigenvalue weighted by Gasteiger charge is -2.24. The number of hydrogen-bond donors (Lipinski definition) is 3. The summed E-state index contributed by atoms with van der Waals surface area (Å²) in [4.78, 5) is 48.2. The van der Waals surface area contributed by atoms with Crippen LogP contribution in [0, 0.1) is 0 Å². The third-order valence-corrected chi connectivity index (χ3v) is 5.36. The minimum Gasteiger partial charge on any atom is -0.466 e. The summed E-state index contributed by atoms with van der Waals surface area (Å²) in [5, 5.41) is 27.0. The fourth-order valence-corrected chi connectivity index (χ4v) is 2.86. The zero-order valence-corrected chi connectivity index (χ0v) is 24.0. The third kappa shape index (κ3) is 20.8. The average molecular weight is 550 g/mol. The highest BCUT2D eigenvalue weighted by Crippen LogP contribution is 2.20. The Morgan fingerprint density at radius 2 is 1.37 bits per heavy atom. The van der Waals surface area contributed by atoms with Crippen molar-refractivity contribution in [1.29, 1.82) is 0 Å². The van der Waals surface area contributed by atoms with Gasteiger partial charge in [0.25, 0.3) is 0 Å². The molecule has 0 aliphatic carbocycles. The van der Waals surface area contributed by atoms with Crippen LogP contribution in [0.15, 0.2) is 0 Å². The quantitative estimate of drug-likeness (QED) is 0.148. The van der Waals surface area contributed by atoms with Gasteiger partial charge in [0.15, 0.2) is 5.60 Å². The van der Waals surface area contributed by atoms with E-state index in [0.717, 1.165) is 38.6 Å². The number of esters is 3. The van der Waals surface area contributed by atoms with E-state index in [2.05, 4.69) is 0 Å². The summed E-state index contributed by atoms with van der Waals surface area (Å²) < 4.78 is 14.9. The Kier molecular flexibility index (Phi) is 23.8. The minimum atomic E-state index is -2.26. The van der Waals surface area contributed by atoms with Crippen LogP contribution in [0.1, 0.15) is 98.3 Å². The molecule has 1 fully saturated rings. The molecule has 1 aliphatic heterocycles. The molecule has 1 aliphatic rings. The maximum atomic E-state index is 12.2. The van der Waals surface area contributed by atoms with Gasteiger partial charge in [-0.2, -0.15) is 0 Å². The monoisotopic (exact) mass is 549 g/mol. The van der Waals surface area contributed by atoms with Crippen molar-refractivity contribution in [3.8, 4) is 0 Å². The van der Waals surface area contributed by atoms with Gasteiger partial charge in [0, 0.05) is 26.6 Å². The largest absolute Gasteiger partial charge is 0.466 e. The number of carbonyl (C=O) groups is 4. The molecular formula is C27H51NO10. The van der Waals surface area contributed by atoms with E-state index < -0.39 is 36.4 Å². The van der Waals surface area contributed by atoms with Crippen LogP contribution < -0.4 is 0 Å². The summed E-state index contributed by atoms with van der Waals surface area (Å²) in [6.07, 6.45) is 5.18. The normalized spacial score (nSPS) is 13.5. The number of nitrogens with zero attached hydrogens (tertiary/aromatic N) is 1. The molecule has 11 heteroatoms. The molecule has 1 rings (SSSR count). The lowest BCUT2D eigenvalue weighted by molar-refractivity contribution is -0.178. The summed E-state index contributed by atoms with van der Waals surface area (Å²) in [7, 11) is 1.84. The van der Waals surface area contributed by atoms with Gasteiger partial charge >= 0.3 is 17.9 Å². The second-order valence-corrected chi connectivity index (χ2v) is 9.30. The van der Waals surface area contributed by atoms with Crippen molar-refractivity contribution in [3.63, 3.8) is 0 Å². The molecule has 1 amide bonds. The first-order chi connectivity index (χ1) is 18.0. The van der Waals surface area contributed by atoms with E-state index in [1.165, 1.54) is 0 Å². The summed E-state index contributed by atoms with van der Waals surface area (Å²) >= 11 is 0. The number of ether oxygens (including phenoxy) is 3. The standard InChI is InChI=1S/C18H32O7.C5H9NO.C4H10O2/c1-4-7-10-23-15(19)13-18(22,17(21)25-12-9-6-3)14-16(20)24-11-8-5-2;1-6-4-2-3-5(6)7;1-4(6)2-3-5/h22H,4-14H2,1-3H3;2-4H2,1H3;4-6H,2-3H2,1H3. The molecule has 0 aromatic heterocycles. The number of amides is 1. The summed E-state index contributed by atoms with van der Waals surface area (Å²) in [5.41, 5.74) is -2.26. The second kappa shape index (κ2) is 23.8. The maximum Gasteiger partial charge on any atom is 0.339 e. The van der Waals surface area contributed by atoms with Crippen molar-refractivity contribution in [1.82, 2.24) is 4.90 Å². The highest BCUT2D eigenvalue weighted by Gasteiger charge is 2.43. The van der Waals surface area contributed by atoms with Crippen molar-refractivity contribution in [2.24, 2.45) is 0 Å². The lowest BCUT2D eigenvalue weighted by atomic mass is 9.95. The van der Waals surface area contributed by atoms with E-state index in [9.17, 15) is 24.3 Å². The van der Waals surface area contributed by atoms with Crippen LogP contribution in [0.2, 0.25) is 0 Å². The molecule has 38 heavy (non-hydrogen) atoms. The molecule has 1 unspecified atom stereocenters. The smallest absolute Gasteiger partial charge is 0.339 e. The number of rotatable bonds is 16. The highest BCUT2D eigenvalue weighted by atomic mass is 16.6. The molecular weight excluding hydrogens is 498 g/mol. The van der Waals surface area contributed by atoms with Crippen molar-refractivity contribution in [3.05, 3.63) is 0 Å². The molecule has 0 aromatic rings. The molecule has 0 aromatic carbocycles. The van der Waals surface area contributed by atoms with Crippen LogP contribution in [0.3, 0.4) is 0 Å². The van der Waals surface area contributed by atoms with Crippen LogP contribution in [-0.2, 0) is 33.4 Å². The first-order valence-electron chi connectivity index (χ1n) is 13.7. The Labute approximate surface area is 227 Å². The number of carbonyl (C=O) groups excluding carboxylic acids is 4. The third-order valence-electron chi connectivity index (χ3n) is 5.36. The predicted octanol–water partition coefficient (Wildman–Crippen LogP) is 2.52. The van der Waals surface area contributed by atoms with Crippen LogP contribution in [0.5, 0.6) is 0 Å². The van der Waals surface area contributed by atoms with E-state index in [-0.39, 0.29) is 32.5 Å². The van der Waals surface area contributed by atoms with Gasteiger partial charge in [-0.15, -0.1) is 0 Å². The first kappa shape index (κ1) is 37.9. The molecule has 0 radical (unpaired) electrons. The van der Waals surface area contributed by atoms with Crippen LogP contribution in [0.25, 0.3) is 0 Å². The van der Waals surface area contributed by atoms with Crippen molar-refractivity contribution in [2.75, 3.05) is 40.0 Å². The molecule has 3 N–H and O–H groups in total. The Balaban J connectivity index is 0. The summed E-state index contributed by atoms with van der Waals surface area (Å²) in [5.74, 6) is -2.20. The SMILES string of the molecule is CC(O)CCO.CCCCOC(=O)CC(O)(CC(=O)OCCCC)C(=O)OCCCC.CN1CCCC1=O. The van der Waals surface area contributed by atoms with Gasteiger partial charge in [-0.05, 0) is 39.0 Å². The van der Waals surface area contributed by atoms with Gasteiger partial charge in [0.1, 0.15) is 0 Å². The number of likely N-dealkylation sites (tertiary alicyclic amines) is 1. The minimum absolute atomic E-state index is 0.0810. The van der Waals surface area contributed by atoms with E-state index in [1.54, 1.807) is 11.8 Å².